The van der Waals surface area contributed by atoms with Gasteiger partial charge in [-0.2, -0.15) is 13.2 Å². The Morgan fingerprint density at radius 1 is 1.30 bits per heavy atom. The molecule has 2 unspecified atom stereocenters. The highest BCUT2D eigenvalue weighted by molar-refractivity contribution is 6.31. The monoisotopic (exact) mass is 348 g/mol. The van der Waals surface area contributed by atoms with Crippen LogP contribution in [0.3, 0.4) is 0 Å². The summed E-state index contributed by atoms with van der Waals surface area (Å²) in [6.07, 6.45) is -3.38. The van der Waals surface area contributed by atoms with E-state index in [9.17, 15) is 18.0 Å². The van der Waals surface area contributed by atoms with Crippen molar-refractivity contribution < 1.29 is 18.0 Å². The number of nitrogens with one attached hydrogen (secondary N) is 1. The van der Waals surface area contributed by atoms with Crippen molar-refractivity contribution in [2.24, 2.45) is 11.8 Å². The minimum absolute atomic E-state index is 0.105. The SMILES string of the molecule is CN(C)c1ccc(Cl)cc1NC(=O)C1CCCC(C(F)(F)F)C1. The first kappa shape index (κ1) is 17.9. The molecule has 2 atom stereocenters. The van der Waals surface area contributed by atoms with Gasteiger partial charge in [0, 0.05) is 25.0 Å². The summed E-state index contributed by atoms with van der Waals surface area (Å²) >= 11 is 5.96. The lowest BCUT2D eigenvalue weighted by molar-refractivity contribution is -0.185. The van der Waals surface area contributed by atoms with Crippen molar-refractivity contribution in [3.63, 3.8) is 0 Å². The molecule has 0 bridgehead atoms. The van der Waals surface area contributed by atoms with Crippen LogP contribution in [0.15, 0.2) is 18.2 Å². The van der Waals surface area contributed by atoms with Gasteiger partial charge in [0.15, 0.2) is 0 Å². The molecule has 3 nitrogen and oxygen atoms in total. The van der Waals surface area contributed by atoms with Gasteiger partial charge in [-0.15, -0.1) is 0 Å². The van der Waals surface area contributed by atoms with E-state index in [1.54, 1.807) is 18.2 Å². The fourth-order valence-corrected chi connectivity index (χ4v) is 3.13. The summed E-state index contributed by atoms with van der Waals surface area (Å²) in [6, 6.07) is 5.07. The summed E-state index contributed by atoms with van der Waals surface area (Å²) < 4.78 is 38.6. The Morgan fingerprint density at radius 3 is 2.61 bits per heavy atom. The number of carbonyl (C=O) groups is 1. The molecule has 128 valence electrons. The van der Waals surface area contributed by atoms with E-state index in [0.29, 0.717) is 23.6 Å². The predicted octanol–water partition coefficient (Wildman–Crippen LogP) is 4.71. The lowest BCUT2D eigenvalue weighted by atomic mass is 9.80. The Labute approximate surface area is 138 Å². The highest BCUT2D eigenvalue weighted by Gasteiger charge is 2.43. The van der Waals surface area contributed by atoms with E-state index in [0.717, 1.165) is 5.69 Å². The van der Waals surface area contributed by atoms with Crippen molar-refractivity contribution >= 4 is 28.9 Å². The van der Waals surface area contributed by atoms with E-state index in [4.69, 9.17) is 11.6 Å². The van der Waals surface area contributed by atoms with Crippen LogP contribution in [0.2, 0.25) is 5.02 Å². The Kier molecular flexibility index (Phi) is 5.45. The minimum atomic E-state index is -4.23. The van der Waals surface area contributed by atoms with Crippen LogP contribution in [0, 0.1) is 11.8 Å². The lowest BCUT2D eigenvalue weighted by Crippen LogP contribution is -2.34. The fourth-order valence-electron chi connectivity index (χ4n) is 2.96. The third-order valence-electron chi connectivity index (χ3n) is 4.21. The Morgan fingerprint density at radius 2 is 2.00 bits per heavy atom. The molecule has 23 heavy (non-hydrogen) atoms. The molecule has 1 fully saturated rings. The van der Waals surface area contributed by atoms with Gasteiger partial charge >= 0.3 is 6.18 Å². The van der Waals surface area contributed by atoms with Crippen molar-refractivity contribution in [3.8, 4) is 0 Å². The van der Waals surface area contributed by atoms with Crippen LogP contribution in [0.1, 0.15) is 25.7 Å². The second kappa shape index (κ2) is 6.99. The van der Waals surface area contributed by atoms with Crippen molar-refractivity contribution in [2.45, 2.75) is 31.9 Å². The number of halogens is 4. The number of alkyl halides is 3. The second-order valence-electron chi connectivity index (χ2n) is 6.15. The summed E-state index contributed by atoms with van der Waals surface area (Å²) in [6.45, 7) is 0. The van der Waals surface area contributed by atoms with Gasteiger partial charge in [0.25, 0.3) is 0 Å². The quantitative estimate of drug-likeness (QED) is 0.857. The molecule has 1 aliphatic carbocycles. The van der Waals surface area contributed by atoms with E-state index in [1.165, 1.54) is 0 Å². The number of carbonyl (C=O) groups excluding carboxylic acids is 1. The molecule has 1 aliphatic rings. The third kappa shape index (κ3) is 4.53. The molecule has 2 rings (SSSR count). The highest BCUT2D eigenvalue weighted by Crippen LogP contribution is 2.40. The Hall–Kier alpha value is -1.43. The molecule has 1 aromatic carbocycles. The van der Waals surface area contributed by atoms with Gasteiger partial charge in [0.1, 0.15) is 0 Å². The Bertz CT molecular complexity index is 575. The number of anilines is 2. The number of benzene rings is 1. The molecule has 0 aliphatic heterocycles. The van der Waals surface area contributed by atoms with E-state index in [1.807, 2.05) is 19.0 Å². The number of amides is 1. The van der Waals surface area contributed by atoms with Crippen LogP contribution in [0.5, 0.6) is 0 Å². The van der Waals surface area contributed by atoms with Crippen LogP contribution in [-0.2, 0) is 4.79 Å². The van der Waals surface area contributed by atoms with Gasteiger partial charge in [0.2, 0.25) is 5.91 Å². The predicted molar refractivity (Wildman–Crippen MR) is 85.9 cm³/mol. The lowest BCUT2D eigenvalue weighted by Gasteiger charge is -2.30. The van der Waals surface area contributed by atoms with E-state index >= 15 is 0 Å². The molecule has 0 heterocycles. The summed E-state index contributed by atoms with van der Waals surface area (Å²) in [7, 11) is 3.64. The molecule has 1 aromatic rings. The van der Waals surface area contributed by atoms with Gasteiger partial charge < -0.3 is 10.2 Å². The molecule has 7 heteroatoms. The van der Waals surface area contributed by atoms with Crippen LogP contribution in [-0.4, -0.2) is 26.2 Å². The topological polar surface area (TPSA) is 32.3 Å². The average molecular weight is 349 g/mol. The summed E-state index contributed by atoms with van der Waals surface area (Å²) in [5.74, 6) is -2.38. The van der Waals surface area contributed by atoms with Crippen molar-refractivity contribution in [3.05, 3.63) is 23.2 Å². The molecular formula is C16H20ClF3N2O. The second-order valence-corrected chi connectivity index (χ2v) is 6.58. The van der Waals surface area contributed by atoms with Gasteiger partial charge in [-0.1, -0.05) is 18.0 Å². The summed E-state index contributed by atoms with van der Waals surface area (Å²) in [5.41, 5.74) is 1.27. The number of hydrogen-bond acceptors (Lipinski definition) is 2. The maximum atomic E-state index is 12.9. The molecule has 0 saturated heterocycles. The van der Waals surface area contributed by atoms with Gasteiger partial charge in [-0.3, -0.25) is 4.79 Å². The number of rotatable bonds is 3. The molecule has 0 spiro atoms. The minimum Gasteiger partial charge on any atom is -0.376 e. The third-order valence-corrected chi connectivity index (χ3v) is 4.44. The smallest absolute Gasteiger partial charge is 0.376 e. The highest BCUT2D eigenvalue weighted by atomic mass is 35.5. The summed E-state index contributed by atoms with van der Waals surface area (Å²) in [4.78, 5) is 14.2. The van der Waals surface area contributed by atoms with Crippen molar-refractivity contribution in [1.82, 2.24) is 0 Å². The largest absolute Gasteiger partial charge is 0.391 e. The van der Waals surface area contributed by atoms with Crippen molar-refractivity contribution in [2.75, 3.05) is 24.3 Å². The van der Waals surface area contributed by atoms with Crippen LogP contribution >= 0.6 is 11.6 Å². The molecule has 0 radical (unpaired) electrons. The maximum Gasteiger partial charge on any atom is 0.391 e. The molecule has 0 aromatic heterocycles. The zero-order valence-electron chi connectivity index (χ0n) is 13.1. The average Bonchev–Trinajstić information content (AvgIpc) is 2.46. The summed E-state index contributed by atoms with van der Waals surface area (Å²) in [5, 5.41) is 3.20. The first-order chi connectivity index (χ1) is 10.7. The normalized spacial score (nSPS) is 21.8. The first-order valence-corrected chi connectivity index (χ1v) is 7.90. The zero-order chi connectivity index (χ0) is 17.2. The van der Waals surface area contributed by atoms with E-state index in [-0.39, 0.29) is 18.7 Å². The molecular weight excluding hydrogens is 329 g/mol. The molecule has 1 N–H and O–H groups in total. The van der Waals surface area contributed by atoms with Crippen LogP contribution < -0.4 is 10.2 Å². The molecule has 1 saturated carbocycles. The van der Waals surface area contributed by atoms with Gasteiger partial charge in [0.05, 0.1) is 17.3 Å². The maximum absolute atomic E-state index is 12.9. The fraction of sp³-hybridized carbons (Fsp3) is 0.562. The van der Waals surface area contributed by atoms with E-state index < -0.39 is 18.0 Å². The van der Waals surface area contributed by atoms with Crippen LogP contribution in [0.25, 0.3) is 0 Å². The van der Waals surface area contributed by atoms with Crippen LogP contribution in [0.4, 0.5) is 24.5 Å². The zero-order valence-corrected chi connectivity index (χ0v) is 13.8. The number of hydrogen-bond donors (Lipinski definition) is 1. The van der Waals surface area contributed by atoms with Gasteiger partial charge in [-0.25, -0.2) is 0 Å². The van der Waals surface area contributed by atoms with Crippen molar-refractivity contribution in [1.29, 1.82) is 0 Å². The molecule has 1 amide bonds. The van der Waals surface area contributed by atoms with Gasteiger partial charge in [-0.05, 0) is 37.5 Å². The van der Waals surface area contributed by atoms with E-state index in [2.05, 4.69) is 5.32 Å². The standard InChI is InChI=1S/C16H20ClF3N2O/c1-22(2)14-7-6-12(17)9-13(14)21-15(23)10-4-3-5-11(8-10)16(18,19)20/h6-7,9-11H,3-5,8H2,1-2H3,(H,21,23). The Balaban J connectivity index is 2.11. The first-order valence-electron chi connectivity index (χ1n) is 7.53. The number of nitrogens with zero attached hydrogens (tertiary/aromatic N) is 1.